The molecule has 1 aromatic heterocycles. The molecule has 6 heteroatoms. The predicted octanol–water partition coefficient (Wildman–Crippen LogP) is 4.23. The summed E-state index contributed by atoms with van der Waals surface area (Å²) in [5.41, 5.74) is 2.74. The van der Waals surface area contributed by atoms with Gasteiger partial charge in [-0.3, -0.25) is 10.1 Å². The summed E-state index contributed by atoms with van der Waals surface area (Å²) < 4.78 is 11.0. The van der Waals surface area contributed by atoms with Crippen LogP contribution >= 0.6 is 11.3 Å². The molecule has 5 nitrogen and oxygen atoms in total. The molecular formula is C20H16N2O3S. The molecule has 4 rings (SSSR count). The molecule has 1 aliphatic heterocycles. The lowest BCUT2D eigenvalue weighted by Crippen LogP contribution is -2.15. The van der Waals surface area contributed by atoms with Crippen LogP contribution < -0.4 is 14.8 Å². The number of rotatable bonds is 4. The highest BCUT2D eigenvalue weighted by atomic mass is 32.1. The lowest BCUT2D eigenvalue weighted by molar-refractivity contribution is -0.111. The van der Waals surface area contributed by atoms with Crippen molar-refractivity contribution in [2.24, 2.45) is 0 Å². The smallest absolute Gasteiger partial charge is 0.250 e. The van der Waals surface area contributed by atoms with Crippen LogP contribution in [0.25, 0.3) is 17.3 Å². The second kappa shape index (κ2) is 7.41. The number of ether oxygens (including phenoxy) is 2. The molecule has 0 atom stereocenters. The van der Waals surface area contributed by atoms with E-state index in [1.165, 1.54) is 17.4 Å². The van der Waals surface area contributed by atoms with Crippen molar-refractivity contribution in [1.29, 1.82) is 0 Å². The van der Waals surface area contributed by atoms with E-state index in [1.54, 1.807) is 6.08 Å². The van der Waals surface area contributed by atoms with Crippen molar-refractivity contribution >= 4 is 28.5 Å². The Bertz CT molecular complexity index is 951. The van der Waals surface area contributed by atoms with Crippen molar-refractivity contribution in [3.8, 4) is 22.8 Å². The lowest BCUT2D eigenvalue weighted by Gasteiger charge is -2.18. The molecule has 0 radical (unpaired) electrons. The molecule has 0 saturated carbocycles. The first-order valence-corrected chi connectivity index (χ1v) is 9.05. The van der Waals surface area contributed by atoms with Crippen LogP contribution in [0, 0.1) is 0 Å². The highest BCUT2D eigenvalue weighted by Gasteiger charge is 2.11. The minimum Gasteiger partial charge on any atom is -0.486 e. The van der Waals surface area contributed by atoms with Crippen molar-refractivity contribution < 1.29 is 14.3 Å². The standard InChI is InChI=1S/C20H16N2O3S/c23-19(9-7-14-6-8-17-18(12-14)25-11-10-24-17)22-20-21-16(13-26-20)15-4-2-1-3-5-15/h1-9,12-13H,10-11H2,(H,21,22,23)/b9-7+. The van der Waals surface area contributed by atoms with Crippen molar-refractivity contribution in [1.82, 2.24) is 4.98 Å². The first-order chi connectivity index (χ1) is 12.8. The molecule has 1 N–H and O–H groups in total. The number of nitrogens with zero attached hydrogens (tertiary/aromatic N) is 1. The number of fused-ring (bicyclic) bond motifs is 1. The fraction of sp³-hybridized carbons (Fsp3) is 0.100. The van der Waals surface area contributed by atoms with Crippen LogP contribution in [-0.2, 0) is 4.79 Å². The van der Waals surface area contributed by atoms with Gasteiger partial charge in [-0.2, -0.15) is 0 Å². The highest BCUT2D eigenvalue weighted by Crippen LogP contribution is 2.31. The summed E-state index contributed by atoms with van der Waals surface area (Å²) in [7, 11) is 0. The summed E-state index contributed by atoms with van der Waals surface area (Å²) in [6, 6.07) is 15.4. The molecule has 0 bridgehead atoms. The lowest BCUT2D eigenvalue weighted by atomic mass is 10.2. The van der Waals surface area contributed by atoms with Gasteiger partial charge in [0.05, 0.1) is 5.69 Å². The van der Waals surface area contributed by atoms with Gasteiger partial charge in [0.25, 0.3) is 0 Å². The Morgan fingerprint density at radius 2 is 1.88 bits per heavy atom. The predicted molar refractivity (Wildman–Crippen MR) is 103 cm³/mol. The number of carbonyl (C=O) groups is 1. The fourth-order valence-corrected chi connectivity index (χ4v) is 3.28. The molecule has 1 aliphatic rings. The first-order valence-electron chi connectivity index (χ1n) is 8.17. The maximum Gasteiger partial charge on any atom is 0.250 e. The number of benzene rings is 2. The minimum absolute atomic E-state index is 0.228. The van der Waals surface area contributed by atoms with E-state index in [0.717, 1.165) is 22.6 Å². The van der Waals surface area contributed by atoms with Gasteiger partial charge in [0, 0.05) is 17.0 Å². The second-order valence-corrected chi connectivity index (χ2v) is 6.49. The quantitative estimate of drug-likeness (QED) is 0.704. The van der Waals surface area contributed by atoms with E-state index in [0.29, 0.717) is 24.1 Å². The van der Waals surface area contributed by atoms with Crippen molar-refractivity contribution in [2.75, 3.05) is 18.5 Å². The molecule has 0 fully saturated rings. The topological polar surface area (TPSA) is 60.5 Å². The Hall–Kier alpha value is -3.12. The molecule has 2 aromatic carbocycles. The molecule has 3 aromatic rings. The number of anilines is 1. The van der Waals surface area contributed by atoms with E-state index < -0.39 is 0 Å². The van der Waals surface area contributed by atoms with Crippen molar-refractivity contribution in [2.45, 2.75) is 0 Å². The Balaban J connectivity index is 1.41. The zero-order valence-electron chi connectivity index (χ0n) is 13.8. The first kappa shape index (κ1) is 16.4. The minimum atomic E-state index is -0.228. The van der Waals surface area contributed by atoms with Crippen molar-refractivity contribution in [3.63, 3.8) is 0 Å². The number of hydrogen-bond donors (Lipinski definition) is 1. The third-order valence-electron chi connectivity index (χ3n) is 3.80. The number of aromatic nitrogens is 1. The van der Waals surface area contributed by atoms with Gasteiger partial charge in [0.1, 0.15) is 13.2 Å². The summed E-state index contributed by atoms with van der Waals surface area (Å²) in [4.78, 5) is 16.6. The van der Waals surface area contributed by atoms with Crippen LogP contribution in [0.3, 0.4) is 0 Å². The van der Waals surface area contributed by atoms with Gasteiger partial charge in [0.2, 0.25) is 5.91 Å². The van der Waals surface area contributed by atoms with Crippen LogP contribution in [0.2, 0.25) is 0 Å². The maximum absolute atomic E-state index is 12.1. The maximum atomic E-state index is 12.1. The van der Waals surface area contributed by atoms with Crippen LogP contribution in [0.15, 0.2) is 60.0 Å². The van der Waals surface area contributed by atoms with Crippen molar-refractivity contribution in [3.05, 3.63) is 65.6 Å². The van der Waals surface area contributed by atoms with Gasteiger partial charge < -0.3 is 9.47 Å². The van der Waals surface area contributed by atoms with E-state index >= 15 is 0 Å². The normalized spacial score (nSPS) is 12.9. The Kier molecular flexibility index (Phi) is 4.66. The number of amides is 1. The number of nitrogens with one attached hydrogen (secondary N) is 1. The second-order valence-electron chi connectivity index (χ2n) is 5.63. The summed E-state index contributed by atoms with van der Waals surface area (Å²) >= 11 is 1.40. The van der Waals surface area contributed by atoms with Gasteiger partial charge in [-0.25, -0.2) is 4.98 Å². The Morgan fingerprint density at radius 3 is 2.73 bits per heavy atom. The monoisotopic (exact) mass is 364 g/mol. The van der Waals surface area contributed by atoms with E-state index in [4.69, 9.17) is 9.47 Å². The van der Waals surface area contributed by atoms with E-state index in [9.17, 15) is 4.79 Å². The zero-order chi connectivity index (χ0) is 17.8. The Labute approximate surface area is 154 Å². The largest absolute Gasteiger partial charge is 0.486 e. The highest BCUT2D eigenvalue weighted by molar-refractivity contribution is 7.14. The summed E-state index contributed by atoms with van der Waals surface area (Å²) in [5, 5.41) is 5.29. The molecule has 26 heavy (non-hydrogen) atoms. The molecule has 0 saturated heterocycles. The fourth-order valence-electron chi connectivity index (χ4n) is 2.56. The van der Waals surface area contributed by atoms with E-state index in [2.05, 4.69) is 10.3 Å². The summed E-state index contributed by atoms with van der Waals surface area (Å²) in [6.45, 7) is 1.10. The van der Waals surface area contributed by atoms with Crippen LogP contribution in [-0.4, -0.2) is 24.1 Å². The molecule has 130 valence electrons. The van der Waals surface area contributed by atoms with Gasteiger partial charge in [-0.05, 0) is 23.8 Å². The molecule has 0 spiro atoms. The molecule has 0 unspecified atom stereocenters. The van der Waals surface area contributed by atoms with E-state index in [-0.39, 0.29) is 5.91 Å². The molecule has 2 heterocycles. The summed E-state index contributed by atoms with van der Waals surface area (Å²) in [6.07, 6.45) is 3.22. The summed E-state index contributed by atoms with van der Waals surface area (Å²) in [5.74, 6) is 1.20. The van der Waals surface area contributed by atoms with Crippen LogP contribution in [0.1, 0.15) is 5.56 Å². The third kappa shape index (κ3) is 3.75. The van der Waals surface area contributed by atoms with Crippen LogP contribution in [0.4, 0.5) is 5.13 Å². The molecule has 1 amide bonds. The van der Waals surface area contributed by atoms with E-state index in [1.807, 2.05) is 53.9 Å². The van der Waals surface area contributed by atoms with Crippen LogP contribution in [0.5, 0.6) is 11.5 Å². The number of hydrogen-bond acceptors (Lipinski definition) is 5. The molecular weight excluding hydrogens is 348 g/mol. The third-order valence-corrected chi connectivity index (χ3v) is 4.55. The Morgan fingerprint density at radius 1 is 1.08 bits per heavy atom. The SMILES string of the molecule is O=C(/C=C/c1ccc2c(c1)OCCO2)Nc1nc(-c2ccccc2)cs1. The van der Waals surface area contributed by atoms with Gasteiger partial charge in [-0.15, -0.1) is 11.3 Å². The average Bonchev–Trinajstić information content (AvgIpc) is 3.15. The van der Waals surface area contributed by atoms with Gasteiger partial charge in [-0.1, -0.05) is 36.4 Å². The molecule has 0 aliphatic carbocycles. The number of thiazole rings is 1. The average molecular weight is 364 g/mol. The number of carbonyl (C=O) groups excluding carboxylic acids is 1. The zero-order valence-corrected chi connectivity index (χ0v) is 14.7. The van der Waals surface area contributed by atoms with Gasteiger partial charge >= 0.3 is 0 Å². The van der Waals surface area contributed by atoms with Gasteiger partial charge in [0.15, 0.2) is 16.6 Å².